The van der Waals surface area contributed by atoms with Crippen LogP contribution in [0.15, 0.2) is 24.3 Å². The topological polar surface area (TPSA) is 37.3 Å². The quantitative estimate of drug-likeness (QED) is 0.884. The summed E-state index contributed by atoms with van der Waals surface area (Å²) in [6.45, 7) is 4.32. The van der Waals surface area contributed by atoms with Gasteiger partial charge in [-0.05, 0) is 30.2 Å². The average molecular weight is 252 g/mol. The van der Waals surface area contributed by atoms with E-state index in [2.05, 4.69) is 26.0 Å². The highest BCUT2D eigenvalue weighted by Gasteiger charge is 2.11. The largest absolute Gasteiger partial charge is 0.477 e. The van der Waals surface area contributed by atoms with Crippen molar-refractivity contribution in [2.45, 2.75) is 19.8 Å². The van der Waals surface area contributed by atoms with Crippen molar-refractivity contribution in [1.82, 2.24) is 0 Å². The van der Waals surface area contributed by atoms with Crippen LogP contribution in [-0.2, 0) is 0 Å². The summed E-state index contributed by atoms with van der Waals surface area (Å²) in [5.41, 5.74) is 0. The molecule has 0 spiro atoms. The average Bonchev–Trinajstić information content (AvgIpc) is 2.86. The highest BCUT2D eigenvalue weighted by Crippen LogP contribution is 2.35. The number of hydrogen-bond donors (Lipinski definition) is 1. The minimum absolute atomic E-state index is 0.398. The summed E-state index contributed by atoms with van der Waals surface area (Å²) in [7, 11) is 0. The second-order valence-electron chi connectivity index (χ2n) is 3.83. The molecule has 16 heavy (non-hydrogen) atoms. The van der Waals surface area contributed by atoms with E-state index in [1.165, 1.54) is 16.2 Å². The van der Waals surface area contributed by atoms with E-state index in [-0.39, 0.29) is 0 Å². The van der Waals surface area contributed by atoms with Gasteiger partial charge in [-0.1, -0.05) is 13.8 Å². The Labute approximate surface area is 102 Å². The first-order valence-electron chi connectivity index (χ1n) is 5.01. The molecule has 1 N–H and O–H groups in total. The second kappa shape index (κ2) is 4.39. The zero-order valence-corrected chi connectivity index (χ0v) is 10.7. The molecule has 0 aliphatic carbocycles. The summed E-state index contributed by atoms with van der Waals surface area (Å²) < 4.78 is 0. The monoisotopic (exact) mass is 252 g/mol. The van der Waals surface area contributed by atoms with Crippen molar-refractivity contribution >= 4 is 28.6 Å². The van der Waals surface area contributed by atoms with Crippen LogP contribution in [0.3, 0.4) is 0 Å². The molecule has 0 aromatic carbocycles. The third-order valence-corrected chi connectivity index (χ3v) is 4.91. The Morgan fingerprint density at radius 3 is 2.25 bits per heavy atom. The van der Waals surface area contributed by atoms with E-state index in [9.17, 15) is 4.79 Å². The van der Waals surface area contributed by atoms with E-state index < -0.39 is 5.97 Å². The van der Waals surface area contributed by atoms with E-state index in [0.29, 0.717) is 10.8 Å². The van der Waals surface area contributed by atoms with Gasteiger partial charge in [-0.25, -0.2) is 4.79 Å². The predicted octanol–water partition coefficient (Wildman–Crippen LogP) is 4.30. The number of carboxylic acid groups (broad SMARTS) is 1. The first-order chi connectivity index (χ1) is 7.58. The van der Waals surface area contributed by atoms with Gasteiger partial charge in [-0.3, -0.25) is 0 Å². The van der Waals surface area contributed by atoms with Crippen LogP contribution in [-0.4, -0.2) is 11.1 Å². The fraction of sp³-hybridized carbons (Fsp3) is 0.250. The molecule has 0 aliphatic rings. The number of aromatic carboxylic acids is 1. The summed E-state index contributed by atoms with van der Waals surface area (Å²) >= 11 is 3.07. The zero-order chi connectivity index (χ0) is 11.7. The van der Waals surface area contributed by atoms with Gasteiger partial charge in [-0.15, -0.1) is 22.7 Å². The highest BCUT2D eigenvalue weighted by molar-refractivity contribution is 7.23. The lowest BCUT2D eigenvalue weighted by atomic mass is 10.2. The molecule has 0 radical (unpaired) electrons. The lowest BCUT2D eigenvalue weighted by Crippen LogP contribution is -1.89. The van der Waals surface area contributed by atoms with Crippen LogP contribution in [0.4, 0.5) is 0 Å². The van der Waals surface area contributed by atoms with Gasteiger partial charge in [0.15, 0.2) is 0 Å². The Hall–Kier alpha value is -1.13. The molecule has 0 atom stereocenters. The van der Waals surface area contributed by atoms with Crippen molar-refractivity contribution < 1.29 is 9.90 Å². The van der Waals surface area contributed by atoms with Crippen molar-refractivity contribution in [2.24, 2.45) is 0 Å². The van der Waals surface area contributed by atoms with Gasteiger partial charge in [-0.2, -0.15) is 0 Å². The minimum atomic E-state index is -0.850. The van der Waals surface area contributed by atoms with E-state index in [0.717, 1.165) is 9.75 Å². The molecule has 0 aliphatic heterocycles. The van der Waals surface area contributed by atoms with Gasteiger partial charge in [0.1, 0.15) is 4.88 Å². The molecular formula is C12H12O2S2. The smallest absolute Gasteiger partial charge is 0.345 e. The lowest BCUT2D eigenvalue weighted by molar-refractivity contribution is 0.0702. The van der Waals surface area contributed by atoms with Crippen molar-refractivity contribution in [2.75, 3.05) is 0 Å². The Kier molecular flexibility index (Phi) is 3.12. The van der Waals surface area contributed by atoms with Crippen LogP contribution >= 0.6 is 22.7 Å². The summed E-state index contributed by atoms with van der Waals surface area (Å²) in [5.74, 6) is -0.324. The molecule has 2 aromatic rings. The van der Waals surface area contributed by atoms with Crippen LogP contribution in [0.1, 0.15) is 34.3 Å². The first-order valence-corrected chi connectivity index (χ1v) is 6.64. The zero-order valence-electron chi connectivity index (χ0n) is 9.06. The van der Waals surface area contributed by atoms with Crippen LogP contribution in [0.5, 0.6) is 0 Å². The Morgan fingerprint density at radius 1 is 1.12 bits per heavy atom. The van der Waals surface area contributed by atoms with E-state index in [4.69, 9.17) is 5.11 Å². The van der Waals surface area contributed by atoms with Gasteiger partial charge in [0, 0.05) is 14.6 Å². The Bertz CT molecular complexity index is 509. The van der Waals surface area contributed by atoms with E-state index in [1.54, 1.807) is 17.4 Å². The number of rotatable bonds is 3. The number of carbonyl (C=O) groups is 1. The van der Waals surface area contributed by atoms with Crippen LogP contribution in [0.25, 0.3) is 9.75 Å². The minimum Gasteiger partial charge on any atom is -0.477 e. The fourth-order valence-electron chi connectivity index (χ4n) is 1.38. The molecule has 0 fully saturated rings. The van der Waals surface area contributed by atoms with Gasteiger partial charge in [0.05, 0.1) is 0 Å². The summed E-state index contributed by atoms with van der Waals surface area (Å²) in [6, 6.07) is 7.73. The molecule has 84 valence electrons. The standard InChI is InChI=1S/C12H12O2S2/c1-7(2)8-3-4-9(15-8)10-5-6-11(16-10)12(13)14/h3-7H,1-2H3,(H,13,14). The number of thiophene rings is 2. The maximum absolute atomic E-state index is 10.8. The maximum atomic E-state index is 10.8. The third kappa shape index (κ3) is 2.18. The molecule has 0 saturated carbocycles. The van der Waals surface area contributed by atoms with Gasteiger partial charge in [0.2, 0.25) is 0 Å². The van der Waals surface area contributed by atoms with Crippen molar-refractivity contribution in [3.8, 4) is 9.75 Å². The fourth-order valence-corrected chi connectivity index (χ4v) is 3.33. The van der Waals surface area contributed by atoms with Gasteiger partial charge < -0.3 is 5.11 Å². The van der Waals surface area contributed by atoms with Crippen LogP contribution in [0, 0.1) is 0 Å². The molecule has 0 amide bonds. The molecule has 2 nitrogen and oxygen atoms in total. The third-order valence-electron chi connectivity index (χ3n) is 2.26. The maximum Gasteiger partial charge on any atom is 0.345 e. The van der Waals surface area contributed by atoms with E-state index >= 15 is 0 Å². The van der Waals surface area contributed by atoms with Crippen molar-refractivity contribution in [1.29, 1.82) is 0 Å². The molecule has 0 saturated heterocycles. The number of carboxylic acids is 1. The SMILES string of the molecule is CC(C)c1ccc(-c2ccc(C(=O)O)s2)s1. The lowest BCUT2D eigenvalue weighted by Gasteiger charge is -1.97. The molecule has 0 unspecified atom stereocenters. The van der Waals surface area contributed by atoms with Crippen LogP contribution < -0.4 is 0 Å². The predicted molar refractivity (Wildman–Crippen MR) is 68.7 cm³/mol. The Morgan fingerprint density at radius 2 is 1.75 bits per heavy atom. The first kappa shape index (κ1) is 11.4. The van der Waals surface area contributed by atoms with Gasteiger partial charge >= 0.3 is 5.97 Å². The molecule has 4 heteroatoms. The van der Waals surface area contributed by atoms with Gasteiger partial charge in [0.25, 0.3) is 0 Å². The number of hydrogen-bond acceptors (Lipinski definition) is 3. The molecular weight excluding hydrogens is 240 g/mol. The van der Waals surface area contributed by atoms with E-state index in [1.807, 2.05) is 6.07 Å². The summed E-state index contributed by atoms with van der Waals surface area (Å²) in [4.78, 5) is 14.7. The second-order valence-corrected chi connectivity index (χ2v) is 6.02. The normalized spacial score (nSPS) is 10.9. The molecule has 2 heterocycles. The molecule has 2 aromatic heterocycles. The molecule has 0 bridgehead atoms. The Balaban J connectivity index is 2.31. The molecule has 2 rings (SSSR count). The summed E-state index contributed by atoms with van der Waals surface area (Å²) in [6.07, 6.45) is 0. The summed E-state index contributed by atoms with van der Waals surface area (Å²) in [5, 5.41) is 8.85. The van der Waals surface area contributed by atoms with Crippen molar-refractivity contribution in [3.63, 3.8) is 0 Å². The highest BCUT2D eigenvalue weighted by atomic mass is 32.1. The van der Waals surface area contributed by atoms with Crippen molar-refractivity contribution in [3.05, 3.63) is 34.0 Å². The van der Waals surface area contributed by atoms with Crippen LogP contribution in [0.2, 0.25) is 0 Å².